The Labute approximate surface area is 188 Å². The Morgan fingerprint density at radius 2 is 1.73 bits per heavy atom. The molecule has 0 radical (unpaired) electrons. The van der Waals surface area contributed by atoms with Crippen molar-refractivity contribution in [3.63, 3.8) is 0 Å². The van der Waals surface area contributed by atoms with Gasteiger partial charge in [-0.2, -0.15) is 0 Å². The van der Waals surface area contributed by atoms with Crippen LogP contribution in [0.1, 0.15) is 30.0 Å². The van der Waals surface area contributed by atoms with Gasteiger partial charge in [-0.05, 0) is 43.5 Å². The molecular weight excluding hydrogens is 417 g/mol. The summed E-state index contributed by atoms with van der Waals surface area (Å²) in [6.45, 7) is 3.24. The van der Waals surface area contributed by atoms with E-state index in [-0.39, 0.29) is 0 Å². The number of methoxy groups -OCH3 is 1. The topological polar surface area (TPSA) is 30.5 Å². The van der Waals surface area contributed by atoms with Gasteiger partial charge < -0.3 is 14.8 Å². The van der Waals surface area contributed by atoms with E-state index in [1.165, 1.54) is 5.56 Å². The molecule has 0 unspecified atom stereocenters. The fourth-order valence-corrected chi connectivity index (χ4v) is 3.69. The Hall–Kier alpha value is -2.20. The van der Waals surface area contributed by atoms with Crippen LogP contribution in [0, 0.1) is 0 Å². The lowest BCUT2D eigenvalue weighted by Gasteiger charge is -2.18. The van der Waals surface area contributed by atoms with E-state index in [4.69, 9.17) is 32.7 Å². The van der Waals surface area contributed by atoms with E-state index < -0.39 is 0 Å². The molecule has 0 spiro atoms. The summed E-state index contributed by atoms with van der Waals surface area (Å²) >= 11 is 12.3. The number of para-hydroxylation sites is 1. The number of benzene rings is 3. The monoisotopic (exact) mass is 443 g/mol. The van der Waals surface area contributed by atoms with Crippen LogP contribution in [-0.4, -0.2) is 13.2 Å². The van der Waals surface area contributed by atoms with E-state index in [0.29, 0.717) is 35.0 Å². The minimum absolute atomic E-state index is 0.340. The predicted molar refractivity (Wildman–Crippen MR) is 125 cm³/mol. The molecule has 158 valence electrons. The highest BCUT2D eigenvalue weighted by molar-refractivity contribution is 6.35. The first-order valence-corrected chi connectivity index (χ1v) is 10.8. The van der Waals surface area contributed by atoms with Crippen molar-refractivity contribution in [1.82, 2.24) is 5.32 Å². The van der Waals surface area contributed by atoms with E-state index in [9.17, 15) is 0 Å². The maximum absolute atomic E-state index is 6.29. The maximum Gasteiger partial charge on any atom is 0.166 e. The average molecular weight is 444 g/mol. The molecule has 0 aliphatic heterocycles. The van der Waals surface area contributed by atoms with Crippen molar-refractivity contribution in [2.75, 3.05) is 7.11 Å². The van der Waals surface area contributed by atoms with Gasteiger partial charge in [-0.25, -0.2) is 0 Å². The zero-order valence-electron chi connectivity index (χ0n) is 17.3. The second-order valence-electron chi connectivity index (χ2n) is 7.28. The summed E-state index contributed by atoms with van der Waals surface area (Å²) in [5, 5.41) is 4.80. The van der Waals surface area contributed by atoms with Crippen LogP contribution in [0.5, 0.6) is 11.5 Å². The van der Waals surface area contributed by atoms with Crippen LogP contribution in [0.2, 0.25) is 10.0 Å². The van der Waals surface area contributed by atoms with Crippen molar-refractivity contribution in [2.45, 2.75) is 39.0 Å². The molecule has 0 aliphatic carbocycles. The highest BCUT2D eigenvalue weighted by Gasteiger charge is 2.13. The first-order valence-electron chi connectivity index (χ1n) is 10.1. The fraction of sp³-hybridized carbons (Fsp3) is 0.280. The highest BCUT2D eigenvalue weighted by atomic mass is 35.5. The molecular formula is C25H27Cl2NO2. The summed E-state index contributed by atoms with van der Waals surface area (Å²) in [5.41, 5.74) is 3.28. The minimum atomic E-state index is 0.340. The Morgan fingerprint density at radius 1 is 0.933 bits per heavy atom. The lowest BCUT2D eigenvalue weighted by molar-refractivity contribution is 0.280. The van der Waals surface area contributed by atoms with Crippen molar-refractivity contribution in [3.05, 3.63) is 93.5 Å². The van der Waals surface area contributed by atoms with E-state index in [1.807, 2.05) is 30.3 Å². The molecule has 0 heterocycles. The van der Waals surface area contributed by atoms with E-state index >= 15 is 0 Å². The standard InChI is InChI=1S/C25H27Cl2NO2/c1-18(11-12-19-7-4-3-5-8-19)28-16-20-9-6-10-24(29-2)25(20)30-17-21-13-14-22(26)15-23(21)27/h3-10,13-15,18,28H,11-12,16-17H2,1-2H3/t18-/m1/s1. The second-order valence-corrected chi connectivity index (χ2v) is 8.12. The highest BCUT2D eigenvalue weighted by Crippen LogP contribution is 2.33. The van der Waals surface area contributed by atoms with Crippen LogP contribution in [0.15, 0.2) is 66.7 Å². The molecule has 0 bridgehead atoms. The van der Waals surface area contributed by atoms with Gasteiger partial charge in [-0.15, -0.1) is 0 Å². The third kappa shape index (κ3) is 6.40. The molecule has 0 saturated heterocycles. The zero-order valence-corrected chi connectivity index (χ0v) is 18.8. The molecule has 1 atom stereocenters. The third-order valence-corrected chi connectivity index (χ3v) is 5.60. The fourth-order valence-electron chi connectivity index (χ4n) is 3.23. The summed E-state index contributed by atoms with van der Waals surface area (Å²) in [6.07, 6.45) is 2.11. The van der Waals surface area contributed by atoms with Crippen LogP contribution in [-0.2, 0) is 19.6 Å². The largest absolute Gasteiger partial charge is 0.493 e. The van der Waals surface area contributed by atoms with Crippen molar-refractivity contribution in [1.29, 1.82) is 0 Å². The Balaban J connectivity index is 1.63. The maximum atomic E-state index is 6.29. The van der Waals surface area contributed by atoms with Gasteiger partial charge in [0.1, 0.15) is 6.61 Å². The number of ether oxygens (including phenoxy) is 2. The molecule has 5 heteroatoms. The number of halogens is 2. The van der Waals surface area contributed by atoms with E-state index in [2.05, 4.69) is 42.6 Å². The summed E-state index contributed by atoms with van der Waals surface area (Å²) in [6, 6.07) is 22.3. The van der Waals surface area contributed by atoms with Gasteiger partial charge in [-0.1, -0.05) is 71.7 Å². The molecule has 30 heavy (non-hydrogen) atoms. The molecule has 3 rings (SSSR count). The van der Waals surface area contributed by atoms with Gasteiger partial charge >= 0.3 is 0 Å². The summed E-state index contributed by atoms with van der Waals surface area (Å²) in [5.74, 6) is 1.44. The number of hydrogen-bond donors (Lipinski definition) is 1. The molecule has 3 aromatic carbocycles. The molecule has 3 nitrogen and oxygen atoms in total. The Kier molecular flexibility index (Phi) is 8.44. The molecule has 1 N–H and O–H groups in total. The average Bonchev–Trinajstić information content (AvgIpc) is 2.76. The normalized spacial score (nSPS) is 11.9. The summed E-state index contributed by atoms with van der Waals surface area (Å²) < 4.78 is 11.7. The lowest BCUT2D eigenvalue weighted by atomic mass is 10.1. The van der Waals surface area contributed by atoms with Crippen LogP contribution in [0.25, 0.3) is 0 Å². The van der Waals surface area contributed by atoms with Gasteiger partial charge in [-0.3, -0.25) is 0 Å². The molecule has 0 saturated carbocycles. The number of rotatable bonds is 10. The second kappa shape index (κ2) is 11.3. The van der Waals surface area contributed by atoms with Gasteiger partial charge in [0.05, 0.1) is 7.11 Å². The SMILES string of the molecule is COc1cccc(CN[C@H](C)CCc2ccccc2)c1OCc1ccc(Cl)cc1Cl. The van der Waals surface area contributed by atoms with E-state index in [0.717, 1.165) is 29.7 Å². The third-order valence-electron chi connectivity index (χ3n) is 5.02. The Morgan fingerprint density at radius 3 is 2.47 bits per heavy atom. The van der Waals surface area contributed by atoms with Gasteiger partial charge in [0.15, 0.2) is 11.5 Å². The first-order chi connectivity index (χ1) is 14.6. The lowest BCUT2D eigenvalue weighted by Crippen LogP contribution is -2.26. The van der Waals surface area contributed by atoms with Gasteiger partial charge in [0, 0.05) is 33.8 Å². The van der Waals surface area contributed by atoms with Crippen LogP contribution < -0.4 is 14.8 Å². The van der Waals surface area contributed by atoms with E-state index in [1.54, 1.807) is 13.2 Å². The smallest absolute Gasteiger partial charge is 0.166 e. The van der Waals surface area contributed by atoms with Crippen LogP contribution in [0.4, 0.5) is 0 Å². The molecule has 0 aromatic heterocycles. The zero-order chi connectivity index (χ0) is 21.3. The molecule has 3 aromatic rings. The van der Waals surface area contributed by atoms with Gasteiger partial charge in [0.25, 0.3) is 0 Å². The quantitative estimate of drug-likeness (QED) is 0.378. The summed E-state index contributed by atoms with van der Waals surface area (Å²) in [4.78, 5) is 0. The van der Waals surface area contributed by atoms with Crippen LogP contribution in [0.3, 0.4) is 0 Å². The van der Waals surface area contributed by atoms with Gasteiger partial charge in [0.2, 0.25) is 0 Å². The number of nitrogens with one attached hydrogen (secondary N) is 1. The summed E-state index contributed by atoms with van der Waals surface area (Å²) in [7, 11) is 1.65. The minimum Gasteiger partial charge on any atom is -0.493 e. The first kappa shape index (κ1) is 22.5. The molecule has 0 fully saturated rings. The predicted octanol–water partition coefficient (Wildman–Crippen LogP) is 6.69. The van der Waals surface area contributed by atoms with Crippen molar-refractivity contribution < 1.29 is 9.47 Å². The van der Waals surface area contributed by atoms with Crippen molar-refractivity contribution >= 4 is 23.2 Å². The molecule has 0 amide bonds. The Bertz CT molecular complexity index is 947. The number of aryl methyl sites for hydroxylation is 1. The van der Waals surface area contributed by atoms with Crippen LogP contribution >= 0.6 is 23.2 Å². The number of hydrogen-bond acceptors (Lipinski definition) is 3. The molecule has 0 aliphatic rings. The van der Waals surface area contributed by atoms with Crippen molar-refractivity contribution in [3.8, 4) is 11.5 Å². The van der Waals surface area contributed by atoms with Crippen molar-refractivity contribution in [2.24, 2.45) is 0 Å².